The lowest BCUT2D eigenvalue weighted by Gasteiger charge is -2.35. The Morgan fingerprint density at radius 1 is 1.26 bits per heavy atom. The number of halogens is 1. The molecule has 1 aromatic carbocycles. The average Bonchev–Trinajstić information content (AvgIpc) is 2.43. The maximum atomic E-state index is 10.0. The lowest BCUT2D eigenvalue weighted by atomic mass is 9.96. The van der Waals surface area contributed by atoms with Crippen molar-refractivity contribution in [3.8, 4) is 0 Å². The molecule has 1 fully saturated rings. The summed E-state index contributed by atoms with van der Waals surface area (Å²) in [6.45, 7) is 3.56. The zero-order valence-electron chi connectivity index (χ0n) is 10.8. The van der Waals surface area contributed by atoms with E-state index in [-0.39, 0.29) is 6.10 Å². The predicted octanol–water partition coefficient (Wildman–Crippen LogP) is 2.49. The number of hydrogen-bond acceptors (Lipinski definition) is 4. The smallest absolute Gasteiger partial charge is 0.159 e. The minimum atomic E-state index is -0.315. The van der Waals surface area contributed by atoms with Crippen molar-refractivity contribution in [2.24, 2.45) is 5.92 Å². The maximum absolute atomic E-state index is 10.0. The number of aliphatic hydroxyl groups excluding tert-OH is 1. The molecule has 1 saturated heterocycles. The van der Waals surface area contributed by atoms with Crippen LogP contribution in [0, 0.1) is 5.92 Å². The predicted molar refractivity (Wildman–Crippen MR) is 76.5 cm³/mol. The lowest BCUT2D eigenvalue weighted by Crippen LogP contribution is -2.43. The van der Waals surface area contributed by atoms with Crippen LogP contribution in [0.3, 0.4) is 0 Å². The Balaban J connectivity index is 2.04. The van der Waals surface area contributed by atoms with Crippen molar-refractivity contribution in [3.05, 3.63) is 29.4 Å². The molecular weight excluding hydrogens is 262 g/mol. The third-order valence-electron chi connectivity index (χ3n) is 3.84. The minimum absolute atomic E-state index is 0.315. The van der Waals surface area contributed by atoms with Crippen LogP contribution >= 0.6 is 11.6 Å². The average molecular weight is 278 g/mol. The molecule has 2 unspecified atom stereocenters. The summed E-state index contributed by atoms with van der Waals surface area (Å²) in [5.41, 5.74) is 0. The van der Waals surface area contributed by atoms with E-state index in [1.165, 1.54) is 0 Å². The molecule has 0 saturated carbocycles. The Hall–Kier alpha value is -1.39. The van der Waals surface area contributed by atoms with Gasteiger partial charge in [-0.25, -0.2) is 0 Å². The van der Waals surface area contributed by atoms with Gasteiger partial charge in [-0.2, -0.15) is 0 Å². The number of fused-ring (bicyclic) bond motifs is 1. The topological polar surface area (TPSA) is 49.2 Å². The summed E-state index contributed by atoms with van der Waals surface area (Å²) in [6.07, 6.45) is 0.643. The van der Waals surface area contributed by atoms with E-state index >= 15 is 0 Å². The molecular formula is C14H16ClN3O. The van der Waals surface area contributed by atoms with E-state index in [0.29, 0.717) is 17.6 Å². The number of piperidine rings is 1. The normalized spacial score (nSPS) is 23.8. The number of aromatic nitrogens is 2. The number of benzene rings is 1. The first-order valence-electron chi connectivity index (χ1n) is 6.50. The monoisotopic (exact) mass is 277 g/mol. The van der Waals surface area contributed by atoms with Crippen LogP contribution in [0.1, 0.15) is 13.3 Å². The Kier molecular flexibility index (Phi) is 3.29. The third kappa shape index (κ3) is 2.26. The zero-order chi connectivity index (χ0) is 13.4. The molecule has 1 aliphatic heterocycles. The first-order valence-corrected chi connectivity index (χ1v) is 6.88. The fraction of sp³-hybridized carbons (Fsp3) is 0.429. The summed E-state index contributed by atoms with van der Waals surface area (Å²) in [4.78, 5) is 2.09. The van der Waals surface area contributed by atoms with Crippen LogP contribution in [0.5, 0.6) is 0 Å². The third-order valence-corrected chi connectivity index (χ3v) is 4.12. The Morgan fingerprint density at radius 2 is 2.00 bits per heavy atom. The van der Waals surface area contributed by atoms with Gasteiger partial charge in [-0.1, -0.05) is 42.8 Å². The number of β-amino-alcohol motifs (C(OH)–C–C–N with tert-alkyl or cyclic N) is 1. The molecule has 0 spiro atoms. The number of aliphatic hydroxyl groups is 1. The van der Waals surface area contributed by atoms with Crippen molar-refractivity contribution >= 4 is 28.2 Å². The van der Waals surface area contributed by atoms with Gasteiger partial charge in [0.1, 0.15) is 0 Å². The molecule has 2 atom stereocenters. The summed E-state index contributed by atoms with van der Waals surface area (Å²) >= 11 is 6.08. The van der Waals surface area contributed by atoms with E-state index in [1.807, 2.05) is 24.3 Å². The zero-order valence-corrected chi connectivity index (χ0v) is 11.5. The van der Waals surface area contributed by atoms with E-state index in [4.69, 9.17) is 11.6 Å². The summed E-state index contributed by atoms with van der Waals surface area (Å²) in [7, 11) is 0. The van der Waals surface area contributed by atoms with E-state index < -0.39 is 0 Å². The Morgan fingerprint density at radius 3 is 2.74 bits per heavy atom. The molecule has 0 bridgehead atoms. The first-order chi connectivity index (χ1) is 9.16. The molecule has 1 aromatic heterocycles. The first kappa shape index (κ1) is 12.6. The number of rotatable bonds is 1. The molecule has 0 amide bonds. The highest BCUT2D eigenvalue weighted by Crippen LogP contribution is 2.30. The largest absolute Gasteiger partial charge is 0.391 e. The molecule has 2 aromatic rings. The quantitative estimate of drug-likeness (QED) is 0.870. The summed E-state index contributed by atoms with van der Waals surface area (Å²) in [6, 6.07) is 7.84. The number of anilines is 1. The SMILES string of the molecule is CC1CCN(c2nnc(Cl)c3ccccc23)CC1O. The van der Waals surface area contributed by atoms with Gasteiger partial charge in [-0.05, 0) is 12.3 Å². The minimum Gasteiger partial charge on any atom is -0.391 e. The molecule has 4 nitrogen and oxygen atoms in total. The van der Waals surface area contributed by atoms with Crippen LogP contribution in [0.15, 0.2) is 24.3 Å². The van der Waals surface area contributed by atoms with Crippen molar-refractivity contribution in [2.45, 2.75) is 19.4 Å². The van der Waals surface area contributed by atoms with Crippen LogP contribution in [-0.4, -0.2) is 34.5 Å². The highest BCUT2D eigenvalue weighted by atomic mass is 35.5. The summed E-state index contributed by atoms with van der Waals surface area (Å²) in [5, 5.41) is 20.6. The molecule has 0 radical (unpaired) electrons. The molecule has 5 heteroatoms. The van der Waals surface area contributed by atoms with Gasteiger partial charge >= 0.3 is 0 Å². The van der Waals surface area contributed by atoms with Gasteiger partial charge in [0.25, 0.3) is 0 Å². The van der Waals surface area contributed by atoms with Crippen LogP contribution in [-0.2, 0) is 0 Å². The van der Waals surface area contributed by atoms with E-state index in [0.717, 1.165) is 29.6 Å². The van der Waals surface area contributed by atoms with E-state index in [2.05, 4.69) is 22.0 Å². The molecule has 100 valence electrons. The fourth-order valence-corrected chi connectivity index (χ4v) is 2.73. The van der Waals surface area contributed by atoms with Gasteiger partial charge in [-0.3, -0.25) is 0 Å². The second-order valence-electron chi connectivity index (χ2n) is 5.14. The van der Waals surface area contributed by atoms with Gasteiger partial charge < -0.3 is 10.0 Å². The molecule has 19 heavy (non-hydrogen) atoms. The van der Waals surface area contributed by atoms with Crippen molar-refractivity contribution in [1.29, 1.82) is 0 Å². The summed E-state index contributed by atoms with van der Waals surface area (Å²) < 4.78 is 0. The molecule has 3 rings (SSSR count). The lowest BCUT2D eigenvalue weighted by molar-refractivity contribution is 0.102. The van der Waals surface area contributed by atoms with Crippen molar-refractivity contribution in [1.82, 2.24) is 10.2 Å². The number of hydrogen-bond donors (Lipinski definition) is 1. The van der Waals surface area contributed by atoms with Crippen LogP contribution < -0.4 is 4.90 Å². The van der Waals surface area contributed by atoms with Crippen molar-refractivity contribution in [3.63, 3.8) is 0 Å². The molecule has 2 heterocycles. The number of nitrogens with zero attached hydrogens (tertiary/aromatic N) is 3. The second-order valence-corrected chi connectivity index (χ2v) is 5.50. The van der Waals surface area contributed by atoms with Crippen LogP contribution in [0.2, 0.25) is 5.15 Å². The van der Waals surface area contributed by atoms with E-state index in [1.54, 1.807) is 0 Å². The second kappa shape index (κ2) is 4.94. The van der Waals surface area contributed by atoms with Crippen LogP contribution in [0.4, 0.5) is 5.82 Å². The van der Waals surface area contributed by atoms with Crippen molar-refractivity contribution < 1.29 is 5.11 Å². The standard InChI is InChI=1S/C14H16ClN3O/c1-9-6-7-18(8-12(9)19)14-11-5-3-2-4-10(11)13(15)16-17-14/h2-5,9,12,19H,6-8H2,1H3. The maximum Gasteiger partial charge on any atom is 0.159 e. The van der Waals surface area contributed by atoms with Gasteiger partial charge in [0.05, 0.1) is 6.10 Å². The Bertz CT molecular complexity index is 604. The van der Waals surface area contributed by atoms with Gasteiger partial charge in [0.2, 0.25) is 0 Å². The highest BCUT2D eigenvalue weighted by molar-refractivity contribution is 6.34. The van der Waals surface area contributed by atoms with Crippen LogP contribution in [0.25, 0.3) is 10.8 Å². The molecule has 1 aliphatic rings. The highest BCUT2D eigenvalue weighted by Gasteiger charge is 2.26. The summed E-state index contributed by atoms with van der Waals surface area (Å²) in [5.74, 6) is 1.15. The van der Waals surface area contributed by atoms with E-state index in [9.17, 15) is 5.11 Å². The molecule has 1 N–H and O–H groups in total. The Labute approximate surface area is 117 Å². The van der Waals surface area contributed by atoms with Gasteiger partial charge in [0, 0.05) is 23.9 Å². The van der Waals surface area contributed by atoms with Gasteiger partial charge in [-0.15, -0.1) is 10.2 Å². The fourth-order valence-electron chi connectivity index (χ4n) is 2.53. The van der Waals surface area contributed by atoms with Gasteiger partial charge in [0.15, 0.2) is 11.0 Å². The molecule has 0 aliphatic carbocycles. The van der Waals surface area contributed by atoms with Crippen molar-refractivity contribution in [2.75, 3.05) is 18.0 Å².